The average molecular weight is 421 g/mol. The van der Waals surface area contributed by atoms with E-state index in [0.29, 0.717) is 23.0 Å². The van der Waals surface area contributed by atoms with Crippen LogP contribution in [0.5, 0.6) is 0 Å². The van der Waals surface area contributed by atoms with Crippen LogP contribution in [0.4, 0.5) is 33.1 Å². The number of benzene rings is 2. The van der Waals surface area contributed by atoms with Gasteiger partial charge in [-0.1, -0.05) is 0 Å². The maximum absolute atomic E-state index is 13.0. The molecule has 7 heteroatoms. The number of aromatic nitrogens is 2. The van der Waals surface area contributed by atoms with Gasteiger partial charge in [-0.3, -0.25) is 0 Å². The smallest absolute Gasteiger partial charge is 0.159 e. The number of nitrogens with one attached hydrogen (secondary N) is 2. The molecule has 0 saturated heterocycles. The van der Waals surface area contributed by atoms with E-state index in [1.807, 2.05) is 24.3 Å². The number of nitrogen functional groups attached to an aromatic ring is 1. The summed E-state index contributed by atoms with van der Waals surface area (Å²) < 4.78 is 14.1. The molecule has 4 N–H and O–H groups in total. The van der Waals surface area contributed by atoms with Crippen LogP contribution >= 0.6 is 22.6 Å². The van der Waals surface area contributed by atoms with Crippen molar-refractivity contribution in [2.75, 3.05) is 16.4 Å². The lowest BCUT2D eigenvalue weighted by molar-refractivity contribution is 0.628. The van der Waals surface area contributed by atoms with Crippen molar-refractivity contribution in [3.05, 3.63) is 64.2 Å². The van der Waals surface area contributed by atoms with Crippen molar-refractivity contribution in [3.63, 3.8) is 0 Å². The summed E-state index contributed by atoms with van der Waals surface area (Å²) >= 11 is 2.24. The van der Waals surface area contributed by atoms with Gasteiger partial charge in [-0.2, -0.15) is 0 Å². The zero-order valence-electron chi connectivity index (χ0n) is 11.9. The molecular weight excluding hydrogens is 408 g/mol. The molecule has 1 heterocycles. The van der Waals surface area contributed by atoms with E-state index in [4.69, 9.17) is 5.73 Å². The maximum atomic E-state index is 13.0. The third-order valence-electron chi connectivity index (χ3n) is 3.10. The molecule has 23 heavy (non-hydrogen) atoms. The molecule has 0 radical (unpaired) electrons. The SMILES string of the molecule is Nc1c(Nc2ccc(F)cc2)ncnc1Nc1ccc(I)cc1. The van der Waals surface area contributed by atoms with Gasteiger partial charge in [-0.05, 0) is 71.1 Å². The van der Waals surface area contributed by atoms with Gasteiger partial charge in [0.1, 0.15) is 17.8 Å². The minimum Gasteiger partial charge on any atom is -0.393 e. The Balaban J connectivity index is 1.83. The Morgan fingerprint density at radius 3 is 1.83 bits per heavy atom. The van der Waals surface area contributed by atoms with Gasteiger partial charge in [-0.25, -0.2) is 14.4 Å². The lowest BCUT2D eigenvalue weighted by Crippen LogP contribution is -2.05. The van der Waals surface area contributed by atoms with Crippen LogP contribution in [0, 0.1) is 9.39 Å². The van der Waals surface area contributed by atoms with Crippen molar-refractivity contribution in [2.24, 2.45) is 0 Å². The summed E-state index contributed by atoms with van der Waals surface area (Å²) in [6, 6.07) is 13.8. The van der Waals surface area contributed by atoms with Crippen LogP contribution < -0.4 is 16.4 Å². The van der Waals surface area contributed by atoms with Crippen molar-refractivity contribution in [1.82, 2.24) is 9.97 Å². The molecule has 1 aromatic heterocycles. The molecule has 0 fully saturated rings. The van der Waals surface area contributed by atoms with E-state index in [1.54, 1.807) is 12.1 Å². The van der Waals surface area contributed by atoms with Crippen LogP contribution in [-0.2, 0) is 0 Å². The van der Waals surface area contributed by atoms with E-state index >= 15 is 0 Å². The second-order valence-electron chi connectivity index (χ2n) is 4.75. The third kappa shape index (κ3) is 3.86. The summed E-state index contributed by atoms with van der Waals surface area (Å²) in [5.74, 6) is 0.665. The number of nitrogens with zero attached hydrogens (tertiary/aromatic N) is 2. The molecule has 0 unspecified atom stereocenters. The number of hydrogen-bond acceptors (Lipinski definition) is 5. The molecule has 0 aliphatic heterocycles. The van der Waals surface area contributed by atoms with Crippen LogP contribution in [0.15, 0.2) is 54.9 Å². The number of rotatable bonds is 4. The molecule has 2 aromatic carbocycles. The monoisotopic (exact) mass is 421 g/mol. The topological polar surface area (TPSA) is 75.9 Å². The van der Waals surface area contributed by atoms with Gasteiger partial charge in [0.15, 0.2) is 11.6 Å². The number of nitrogens with two attached hydrogens (primary N) is 1. The van der Waals surface area contributed by atoms with Crippen LogP contribution in [0.2, 0.25) is 0 Å². The minimum absolute atomic E-state index is 0.299. The Morgan fingerprint density at radius 2 is 1.30 bits per heavy atom. The van der Waals surface area contributed by atoms with E-state index < -0.39 is 0 Å². The molecular formula is C16H13FIN5. The standard InChI is InChI=1S/C16H13FIN5/c17-10-1-5-12(6-2-10)22-15-14(19)16(21-9-20-15)23-13-7-3-11(18)4-8-13/h1-9H,19H2,(H2,20,21,22,23). The summed E-state index contributed by atoms with van der Waals surface area (Å²) in [7, 11) is 0. The van der Waals surface area contributed by atoms with Gasteiger partial charge < -0.3 is 16.4 Å². The van der Waals surface area contributed by atoms with Crippen molar-refractivity contribution in [1.29, 1.82) is 0 Å². The van der Waals surface area contributed by atoms with E-state index in [0.717, 1.165) is 9.26 Å². The zero-order valence-corrected chi connectivity index (χ0v) is 14.1. The summed E-state index contributed by atoms with van der Waals surface area (Å²) in [5, 5.41) is 6.21. The number of halogens is 2. The highest BCUT2D eigenvalue weighted by Gasteiger charge is 2.09. The fourth-order valence-corrected chi connectivity index (χ4v) is 2.29. The van der Waals surface area contributed by atoms with Crippen molar-refractivity contribution in [2.45, 2.75) is 0 Å². The Hall–Kier alpha value is -2.42. The predicted molar refractivity (Wildman–Crippen MR) is 98.6 cm³/mol. The Morgan fingerprint density at radius 1 is 0.826 bits per heavy atom. The molecule has 0 saturated carbocycles. The van der Waals surface area contributed by atoms with Crippen LogP contribution in [0.25, 0.3) is 0 Å². The highest BCUT2D eigenvalue weighted by molar-refractivity contribution is 14.1. The van der Waals surface area contributed by atoms with Crippen molar-refractivity contribution >= 4 is 51.3 Å². The Bertz CT molecular complexity index is 740. The van der Waals surface area contributed by atoms with E-state index in [9.17, 15) is 4.39 Å². The summed E-state index contributed by atoms with van der Waals surface area (Å²) in [6.45, 7) is 0. The second-order valence-corrected chi connectivity index (χ2v) is 5.99. The Kier molecular flexibility index (Phi) is 4.56. The van der Waals surface area contributed by atoms with Gasteiger partial charge in [0.25, 0.3) is 0 Å². The van der Waals surface area contributed by atoms with Gasteiger partial charge in [0, 0.05) is 14.9 Å². The number of anilines is 5. The van der Waals surface area contributed by atoms with Crippen molar-refractivity contribution < 1.29 is 4.39 Å². The average Bonchev–Trinajstić information content (AvgIpc) is 2.55. The summed E-state index contributed by atoms with van der Waals surface area (Å²) in [6.07, 6.45) is 1.41. The molecule has 0 aliphatic carbocycles. The lowest BCUT2D eigenvalue weighted by Gasteiger charge is -2.12. The molecule has 3 aromatic rings. The van der Waals surface area contributed by atoms with Crippen molar-refractivity contribution in [3.8, 4) is 0 Å². The fraction of sp³-hybridized carbons (Fsp3) is 0. The molecule has 116 valence electrons. The third-order valence-corrected chi connectivity index (χ3v) is 3.82. The first-order valence-electron chi connectivity index (χ1n) is 6.77. The fourth-order valence-electron chi connectivity index (χ4n) is 1.93. The van der Waals surface area contributed by atoms with Crippen LogP contribution in [-0.4, -0.2) is 9.97 Å². The highest BCUT2D eigenvalue weighted by Crippen LogP contribution is 2.28. The van der Waals surface area contributed by atoms with Gasteiger partial charge in [0.2, 0.25) is 0 Å². The maximum Gasteiger partial charge on any atom is 0.159 e. The van der Waals surface area contributed by atoms with Crippen LogP contribution in [0.3, 0.4) is 0 Å². The molecule has 5 nitrogen and oxygen atoms in total. The molecule has 0 atom stereocenters. The molecule has 0 spiro atoms. The largest absolute Gasteiger partial charge is 0.393 e. The highest BCUT2D eigenvalue weighted by atomic mass is 127. The first kappa shape index (κ1) is 15.5. The minimum atomic E-state index is -0.299. The second kappa shape index (κ2) is 6.78. The molecule has 3 rings (SSSR count). The summed E-state index contributed by atoms with van der Waals surface area (Å²) in [5.41, 5.74) is 8.07. The first-order valence-corrected chi connectivity index (χ1v) is 7.85. The first-order chi connectivity index (χ1) is 11.1. The van der Waals surface area contributed by atoms with E-state index in [1.165, 1.54) is 18.5 Å². The number of hydrogen-bond donors (Lipinski definition) is 3. The quantitative estimate of drug-likeness (QED) is 0.548. The zero-order chi connectivity index (χ0) is 16.2. The van der Waals surface area contributed by atoms with Gasteiger partial charge in [-0.15, -0.1) is 0 Å². The lowest BCUT2D eigenvalue weighted by atomic mass is 10.3. The normalized spacial score (nSPS) is 10.3. The van der Waals surface area contributed by atoms with Gasteiger partial charge in [0.05, 0.1) is 0 Å². The Labute approximate surface area is 146 Å². The molecule has 0 amide bonds. The van der Waals surface area contributed by atoms with E-state index in [2.05, 4.69) is 43.2 Å². The molecule has 0 aliphatic rings. The summed E-state index contributed by atoms with van der Waals surface area (Å²) in [4.78, 5) is 8.29. The van der Waals surface area contributed by atoms with Gasteiger partial charge >= 0.3 is 0 Å². The van der Waals surface area contributed by atoms with E-state index in [-0.39, 0.29) is 5.82 Å². The molecule has 0 bridgehead atoms. The predicted octanol–water partition coefficient (Wildman–Crippen LogP) is 4.29. The van der Waals surface area contributed by atoms with Crippen LogP contribution in [0.1, 0.15) is 0 Å².